The van der Waals surface area contributed by atoms with Crippen molar-refractivity contribution in [3.05, 3.63) is 57.1 Å². The molecular formula is C19H17BrFN5O4. The summed E-state index contributed by atoms with van der Waals surface area (Å²) in [4.78, 5) is 30.3. The molecule has 3 aromatic rings. The molecule has 9 nitrogen and oxygen atoms in total. The fourth-order valence-electron chi connectivity index (χ4n) is 2.75. The van der Waals surface area contributed by atoms with E-state index in [9.17, 15) is 19.3 Å². The summed E-state index contributed by atoms with van der Waals surface area (Å²) >= 11 is 3.19. The lowest BCUT2D eigenvalue weighted by Gasteiger charge is -2.15. The average molecular weight is 478 g/mol. The van der Waals surface area contributed by atoms with Gasteiger partial charge < -0.3 is 15.4 Å². The van der Waals surface area contributed by atoms with Crippen LogP contribution in [0.4, 0.5) is 21.6 Å². The van der Waals surface area contributed by atoms with Crippen molar-refractivity contribution >= 4 is 49.9 Å². The molecule has 11 heteroatoms. The topological polar surface area (TPSA) is 119 Å². The third kappa shape index (κ3) is 4.98. The number of amides is 1. The molecular weight excluding hydrogens is 461 g/mol. The van der Waals surface area contributed by atoms with Crippen molar-refractivity contribution in [1.82, 2.24) is 15.3 Å². The minimum absolute atomic E-state index is 0.00387. The van der Waals surface area contributed by atoms with E-state index in [1.54, 1.807) is 13.0 Å². The van der Waals surface area contributed by atoms with Gasteiger partial charge in [-0.1, -0.05) is 15.9 Å². The summed E-state index contributed by atoms with van der Waals surface area (Å²) in [5.41, 5.74) is 0.231. The number of fused-ring (bicyclic) bond motifs is 1. The first-order chi connectivity index (χ1) is 14.2. The number of hydrogen-bond acceptors (Lipinski definition) is 7. The molecule has 0 aliphatic rings. The SMILES string of the molecule is CC(=O)N[C@H](C)COc1cc2ncnc(Nc3ccc(Br)cc3F)c2cc1[N+](=O)[O-]. The Morgan fingerprint density at radius 1 is 1.33 bits per heavy atom. The maximum absolute atomic E-state index is 14.2. The number of nitro groups is 1. The minimum Gasteiger partial charge on any atom is -0.485 e. The third-order valence-electron chi connectivity index (χ3n) is 4.04. The van der Waals surface area contributed by atoms with Crippen LogP contribution in [0.15, 0.2) is 41.1 Å². The molecule has 156 valence electrons. The Hall–Kier alpha value is -3.34. The highest BCUT2D eigenvalue weighted by molar-refractivity contribution is 9.10. The van der Waals surface area contributed by atoms with Crippen LogP contribution in [-0.2, 0) is 4.79 Å². The molecule has 1 atom stereocenters. The van der Waals surface area contributed by atoms with Crippen molar-refractivity contribution in [3.63, 3.8) is 0 Å². The summed E-state index contributed by atoms with van der Waals surface area (Å²) in [6, 6.07) is 6.80. The van der Waals surface area contributed by atoms with Gasteiger partial charge >= 0.3 is 5.69 Å². The van der Waals surface area contributed by atoms with E-state index in [0.717, 1.165) is 0 Å². The molecule has 2 N–H and O–H groups in total. The standard InChI is InChI=1S/C19H17BrFN5O4/c1-10(24-11(2)27)8-30-18-7-16-13(6-17(18)26(28)29)19(23-9-22-16)25-15-4-3-12(20)5-14(15)21/h3-7,9-10H,8H2,1-2H3,(H,24,27)(H,22,23,25)/t10-/m1/s1. The summed E-state index contributed by atoms with van der Waals surface area (Å²) in [7, 11) is 0. The monoisotopic (exact) mass is 477 g/mol. The molecule has 2 aromatic carbocycles. The lowest BCUT2D eigenvalue weighted by Crippen LogP contribution is -2.35. The van der Waals surface area contributed by atoms with E-state index in [2.05, 4.69) is 36.5 Å². The van der Waals surface area contributed by atoms with E-state index in [0.29, 0.717) is 15.4 Å². The molecule has 0 aliphatic heterocycles. The number of rotatable bonds is 7. The van der Waals surface area contributed by atoms with E-state index < -0.39 is 10.7 Å². The van der Waals surface area contributed by atoms with Crippen molar-refractivity contribution in [1.29, 1.82) is 0 Å². The van der Waals surface area contributed by atoms with Crippen LogP contribution in [0.2, 0.25) is 0 Å². The van der Waals surface area contributed by atoms with E-state index in [1.165, 1.54) is 37.5 Å². The van der Waals surface area contributed by atoms with Gasteiger partial charge in [-0.15, -0.1) is 0 Å². The second kappa shape index (κ2) is 8.99. The smallest absolute Gasteiger partial charge is 0.311 e. The Morgan fingerprint density at radius 3 is 2.77 bits per heavy atom. The van der Waals surface area contributed by atoms with Crippen molar-refractivity contribution in [2.24, 2.45) is 0 Å². The van der Waals surface area contributed by atoms with Gasteiger partial charge in [0.25, 0.3) is 0 Å². The Balaban J connectivity index is 1.97. The number of nitrogens with one attached hydrogen (secondary N) is 2. The summed E-state index contributed by atoms with van der Waals surface area (Å²) < 4.78 is 20.3. The lowest BCUT2D eigenvalue weighted by atomic mass is 10.2. The Bertz CT molecular complexity index is 1130. The number of nitro benzene ring substituents is 1. The first-order valence-corrected chi connectivity index (χ1v) is 9.59. The molecule has 3 rings (SSSR count). The molecule has 0 saturated heterocycles. The number of ether oxygens (including phenoxy) is 1. The van der Waals surface area contributed by atoms with E-state index >= 15 is 0 Å². The maximum Gasteiger partial charge on any atom is 0.311 e. The molecule has 30 heavy (non-hydrogen) atoms. The highest BCUT2D eigenvalue weighted by Gasteiger charge is 2.20. The van der Waals surface area contributed by atoms with Gasteiger partial charge in [-0.05, 0) is 25.1 Å². The molecule has 1 heterocycles. The average Bonchev–Trinajstić information content (AvgIpc) is 2.67. The number of anilines is 2. The fourth-order valence-corrected chi connectivity index (χ4v) is 3.09. The second-order valence-electron chi connectivity index (χ2n) is 6.48. The number of aromatic nitrogens is 2. The van der Waals surface area contributed by atoms with Crippen molar-refractivity contribution in [2.75, 3.05) is 11.9 Å². The first kappa shape index (κ1) is 21.4. The van der Waals surface area contributed by atoms with Gasteiger partial charge in [0, 0.05) is 23.5 Å². The molecule has 0 saturated carbocycles. The number of halogens is 2. The van der Waals surface area contributed by atoms with Crippen LogP contribution in [0.5, 0.6) is 5.75 Å². The van der Waals surface area contributed by atoms with E-state index in [4.69, 9.17) is 4.74 Å². The number of carbonyl (C=O) groups excluding carboxylic acids is 1. The van der Waals surface area contributed by atoms with Crippen LogP contribution in [-0.4, -0.2) is 33.4 Å². The maximum atomic E-state index is 14.2. The second-order valence-corrected chi connectivity index (χ2v) is 7.39. The van der Waals surface area contributed by atoms with Crippen LogP contribution in [0.1, 0.15) is 13.8 Å². The highest BCUT2D eigenvalue weighted by atomic mass is 79.9. The quantitative estimate of drug-likeness (QED) is 0.388. The zero-order chi connectivity index (χ0) is 21.8. The Labute approximate surface area is 178 Å². The largest absolute Gasteiger partial charge is 0.485 e. The van der Waals surface area contributed by atoms with E-state index in [-0.39, 0.29) is 41.5 Å². The molecule has 0 radical (unpaired) electrons. The summed E-state index contributed by atoms with van der Waals surface area (Å²) in [5.74, 6) is -0.535. The number of nitrogens with zero attached hydrogens (tertiary/aromatic N) is 3. The van der Waals surface area contributed by atoms with Crippen molar-refractivity contribution < 1.29 is 18.8 Å². The fraction of sp³-hybridized carbons (Fsp3) is 0.211. The first-order valence-electron chi connectivity index (χ1n) is 8.79. The summed E-state index contributed by atoms with van der Waals surface area (Å²) in [6.07, 6.45) is 1.26. The highest BCUT2D eigenvalue weighted by Crippen LogP contribution is 2.35. The van der Waals surface area contributed by atoms with Gasteiger partial charge in [0.2, 0.25) is 5.91 Å². The third-order valence-corrected chi connectivity index (χ3v) is 4.53. The van der Waals surface area contributed by atoms with Crippen LogP contribution in [0, 0.1) is 15.9 Å². The number of benzene rings is 2. The zero-order valence-corrected chi connectivity index (χ0v) is 17.6. The molecule has 1 aromatic heterocycles. The number of carbonyl (C=O) groups is 1. The predicted molar refractivity (Wildman–Crippen MR) is 112 cm³/mol. The molecule has 0 spiro atoms. The molecule has 0 unspecified atom stereocenters. The molecule has 0 aliphatic carbocycles. The van der Waals surface area contributed by atoms with Gasteiger partial charge in [0.1, 0.15) is 24.6 Å². The van der Waals surface area contributed by atoms with Gasteiger partial charge in [-0.25, -0.2) is 14.4 Å². The van der Waals surface area contributed by atoms with E-state index in [1.807, 2.05) is 0 Å². The lowest BCUT2D eigenvalue weighted by molar-refractivity contribution is -0.385. The van der Waals surface area contributed by atoms with Crippen LogP contribution < -0.4 is 15.4 Å². The van der Waals surface area contributed by atoms with Crippen molar-refractivity contribution in [3.8, 4) is 5.75 Å². The van der Waals surface area contributed by atoms with Gasteiger partial charge in [0.05, 0.1) is 27.6 Å². The summed E-state index contributed by atoms with van der Waals surface area (Å²) in [5, 5.41) is 17.4. The predicted octanol–water partition coefficient (Wildman–Crippen LogP) is 4.09. The molecule has 0 fully saturated rings. The van der Waals surface area contributed by atoms with Crippen LogP contribution >= 0.6 is 15.9 Å². The molecule has 1 amide bonds. The Kier molecular flexibility index (Phi) is 6.40. The Morgan fingerprint density at radius 2 is 2.10 bits per heavy atom. The molecule has 0 bridgehead atoms. The van der Waals surface area contributed by atoms with Crippen molar-refractivity contribution in [2.45, 2.75) is 19.9 Å². The minimum atomic E-state index is -0.588. The normalized spacial score (nSPS) is 11.7. The zero-order valence-electron chi connectivity index (χ0n) is 16.0. The number of hydrogen-bond donors (Lipinski definition) is 2. The van der Waals surface area contributed by atoms with Gasteiger partial charge in [-0.2, -0.15) is 0 Å². The van der Waals surface area contributed by atoms with Gasteiger partial charge in [0.15, 0.2) is 5.75 Å². The van der Waals surface area contributed by atoms with Crippen LogP contribution in [0.3, 0.4) is 0 Å². The van der Waals surface area contributed by atoms with Crippen LogP contribution in [0.25, 0.3) is 10.9 Å². The summed E-state index contributed by atoms with van der Waals surface area (Å²) in [6.45, 7) is 3.12. The van der Waals surface area contributed by atoms with Gasteiger partial charge in [-0.3, -0.25) is 14.9 Å².